The number of aryl methyl sites for hydroxylation is 1. The number of methoxy groups -OCH3 is 1. The Morgan fingerprint density at radius 1 is 1.41 bits per heavy atom. The van der Waals surface area contributed by atoms with Gasteiger partial charge in [0, 0.05) is 11.6 Å². The molecule has 0 saturated heterocycles. The topological polar surface area (TPSA) is 66.8 Å². The summed E-state index contributed by atoms with van der Waals surface area (Å²) in [5, 5.41) is 19.3. The van der Waals surface area contributed by atoms with Gasteiger partial charge in [-0.05, 0) is 31.4 Å². The van der Waals surface area contributed by atoms with Gasteiger partial charge >= 0.3 is 5.97 Å². The molecule has 92 valence electrons. The van der Waals surface area contributed by atoms with Crippen LogP contribution in [0.2, 0.25) is 0 Å². The molecule has 1 saturated carbocycles. The molecule has 0 amide bonds. The van der Waals surface area contributed by atoms with Gasteiger partial charge in [0.15, 0.2) is 0 Å². The highest BCUT2D eigenvalue weighted by molar-refractivity contribution is 5.84. The third-order valence-electron chi connectivity index (χ3n) is 3.65. The number of carboxylic acid groups (broad SMARTS) is 1. The van der Waals surface area contributed by atoms with E-state index in [9.17, 15) is 15.0 Å². The first-order valence-corrected chi connectivity index (χ1v) is 5.63. The fraction of sp³-hybridized carbons (Fsp3) is 0.462. The summed E-state index contributed by atoms with van der Waals surface area (Å²) in [6, 6.07) is 3.22. The van der Waals surface area contributed by atoms with E-state index in [1.165, 1.54) is 13.2 Å². The third kappa shape index (κ3) is 1.64. The van der Waals surface area contributed by atoms with Crippen molar-refractivity contribution >= 4 is 5.97 Å². The zero-order valence-electron chi connectivity index (χ0n) is 9.99. The van der Waals surface area contributed by atoms with Crippen LogP contribution in [0.1, 0.15) is 30.4 Å². The Kier molecular flexibility index (Phi) is 2.73. The van der Waals surface area contributed by atoms with Crippen LogP contribution in [0.3, 0.4) is 0 Å². The summed E-state index contributed by atoms with van der Waals surface area (Å²) in [6.07, 6.45) is 2.06. The fourth-order valence-electron chi connectivity index (χ4n) is 2.41. The highest BCUT2D eigenvalue weighted by Crippen LogP contribution is 2.48. The van der Waals surface area contributed by atoms with Crippen molar-refractivity contribution in [2.45, 2.75) is 31.6 Å². The minimum atomic E-state index is -0.902. The van der Waals surface area contributed by atoms with E-state index < -0.39 is 11.4 Å². The molecule has 0 bridgehead atoms. The van der Waals surface area contributed by atoms with Crippen molar-refractivity contribution in [2.24, 2.45) is 0 Å². The lowest BCUT2D eigenvalue weighted by Gasteiger charge is -2.38. The smallest absolute Gasteiger partial charge is 0.314 e. The predicted octanol–water partition coefficient (Wildman–Crippen LogP) is 2.22. The molecule has 1 aliphatic carbocycles. The van der Waals surface area contributed by atoms with E-state index in [1.807, 2.05) is 6.92 Å². The van der Waals surface area contributed by atoms with Crippen LogP contribution in [0.15, 0.2) is 12.1 Å². The summed E-state index contributed by atoms with van der Waals surface area (Å²) in [4.78, 5) is 11.4. The number of hydrogen-bond acceptors (Lipinski definition) is 3. The first-order valence-electron chi connectivity index (χ1n) is 5.63. The number of phenols is 1. The maximum Gasteiger partial charge on any atom is 0.314 e. The second-order valence-electron chi connectivity index (χ2n) is 4.58. The van der Waals surface area contributed by atoms with Crippen LogP contribution in [-0.2, 0) is 10.2 Å². The van der Waals surface area contributed by atoms with E-state index in [0.717, 1.165) is 12.0 Å². The molecule has 4 nitrogen and oxygen atoms in total. The number of carbonyl (C=O) groups is 1. The van der Waals surface area contributed by atoms with Crippen molar-refractivity contribution in [3.63, 3.8) is 0 Å². The highest BCUT2D eigenvalue weighted by Gasteiger charge is 2.47. The van der Waals surface area contributed by atoms with Crippen LogP contribution in [0.4, 0.5) is 0 Å². The number of phenolic OH excluding ortho intramolecular Hbond substituents is 1. The number of rotatable bonds is 3. The van der Waals surface area contributed by atoms with E-state index in [-0.39, 0.29) is 5.75 Å². The van der Waals surface area contributed by atoms with Crippen LogP contribution in [-0.4, -0.2) is 23.3 Å². The Bertz CT molecular complexity index is 461. The quantitative estimate of drug-likeness (QED) is 0.844. The molecule has 0 spiro atoms. The number of carboxylic acids is 1. The molecule has 1 fully saturated rings. The predicted molar refractivity (Wildman–Crippen MR) is 62.6 cm³/mol. The Labute approximate surface area is 99.8 Å². The molecule has 1 aliphatic rings. The van der Waals surface area contributed by atoms with Gasteiger partial charge in [-0.3, -0.25) is 4.79 Å². The molecule has 0 radical (unpaired) electrons. The molecule has 0 heterocycles. The second-order valence-corrected chi connectivity index (χ2v) is 4.58. The lowest BCUT2D eigenvalue weighted by Crippen LogP contribution is -2.42. The minimum Gasteiger partial charge on any atom is -0.507 e. The van der Waals surface area contributed by atoms with Gasteiger partial charge in [0.1, 0.15) is 11.5 Å². The van der Waals surface area contributed by atoms with E-state index in [0.29, 0.717) is 24.2 Å². The van der Waals surface area contributed by atoms with Gasteiger partial charge in [-0.1, -0.05) is 6.42 Å². The lowest BCUT2D eigenvalue weighted by molar-refractivity contribution is -0.147. The largest absolute Gasteiger partial charge is 0.507 e. The van der Waals surface area contributed by atoms with Gasteiger partial charge in [-0.15, -0.1) is 0 Å². The van der Waals surface area contributed by atoms with E-state index in [1.54, 1.807) is 6.07 Å². The van der Waals surface area contributed by atoms with Crippen molar-refractivity contribution in [2.75, 3.05) is 7.11 Å². The van der Waals surface area contributed by atoms with E-state index in [4.69, 9.17) is 4.74 Å². The van der Waals surface area contributed by atoms with Gasteiger partial charge in [0.25, 0.3) is 0 Å². The Balaban J connectivity index is 2.52. The molecule has 0 aromatic heterocycles. The molecule has 0 atom stereocenters. The summed E-state index contributed by atoms with van der Waals surface area (Å²) in [7, 11) is 1.53. The van der Waals surface area contributed by atoms with E-state index in [2.05, 4.69) is 0 Å². The molecule has 2 rings (SSSR count). The monoisotopic (exact) mass is 236 g/mol. The zero-order chi connectivity index (χ0) is 12.6. The van der Waals surface area contributed by atoms with Crippen molar-refractivity contribution in [3.05, 3.63) is 23.3 Å². The maximum absolute atomic E-state index is 11.4. The Morgan fingerprint density at radius 3 is 2.47 bits per heavy atom. The normalized spacial score (nSPS) is 17.3. The first kappa shape index (κ1) is 11.8. The summed E-state index contributed by atoms with van der Waals surface area (Å²) < 4.78 is 5.10. The Hall–Kier alpha value is -1.71. The number of aromatic hydroxyl groups is 1. The summed E-state index contributed by atoms with van der Waals surface area (Å²) in [5.74, 6) is -0.274. The molecule has 1 aromatic carbocycles. The van der Waals surface area contributed by atoms with E-state index >= 15 is 0 Å². The van der Waals surface area contributed by atoms with Crippen LogP contribution < -0.4 is 4.74 Å². The third-order valence-corrected chi connectivity index (χ3v) is 3.65. The fourth-order valence-corrected chi connectivity index (χ4v) is 2.41. The minimum absolute atomic E-state index is 0.00884. The summed E-state index contributed by atoms with van der Waals surface area (Å²) >= 11 is 0. The van der Waals surface area contributed by atoms with Crippen LogP contribution >= 0.6 is 0 Å². The SMILES string of the molecule is COc1cc(O)c(C2(C(=O)O)CCC2)cc1C. The lowest BCUT2D eigenvalue weighted by atomic mass is 9.64. The van der Waals surface area contributed by atoms with Crippen molar-refractivity contribution in [1.82, 2.24) is 0 Å². The molecule has 17 heavy (non-hydrogen) atoms. The van der Waals surface area contributed by atoms with Gasteiger partial charge in [-0.25, -0.2) is 0 Å². The summed E-state index contributed by atoms with van der Waals surface area (Å²) in [5.41, 5.74) is 0.448. The van der Waals surface area contributed by atoms with Crippen molar-refractivity contribution < 1.29 is 19.7 Å². The standard InChI is InChI=1S/C13H16O4/c1-8-6-9(10(14)7-11(8)17-2)13(12(15)16)4-3-5-13/h6-7,14H,3-5H2,1-2H3,(H,15,16). The van der Waals surface area contributed by atoms with Crippen LogP contribution in [0.25, 0.3) is 0 Å². The molecule has 0 unspecified atom stereocenters. The Morgan fingerprint density at radius 2 is 2.06 bits per heavy atom. The first-order chi connectivity index (χ1) is 8.01. The van der Waals surface area contributed by atoms with Gasteiger partial charge in [0.2, 0.25) is 0 Å². The maximum atomic E-state index is 11.4. The van der Waals surface area contributed by atoms with Crippen LogP contribution in [0.5, 0.6) is 11.5 Å². The molecular weight excluding hydrogens is 220 g/mol. The molecule has 2 N–H and O–H groups in total. The second kappa shape index (κ2) is 3.95. The van der Waals surface area contributed by atoms with Crippen molar-refractivity contribution in [3.8, 4) is 11.5 Å². The number of ether oxygens (including phenoxy) is 1. The van der Waals surface area contributed by atoms with Gasteiger partial charge in [0.05, 0.1) is 12.5 Å². The average Bonchev–Trinajstić information content (AvgIpc) is 2.20. The molecule has 1 aromatic rings. The number of hydrogen-bond donors (Lipinski definition) is 2. The summed E-state index contributed by atoms with van der Waals surface area (Å²) in [6.45, 7) is 1.84. The van der Waals surface area contributed by atoms with Gasteiger partial charge < -0.3 is 14.9 Å². The highest BCUT2D eigenvalue weighted by atomic mass is 16.5. The molecular formula is C13H16O4. The van der Waals surface area contributed by atoms with Crippen LogP contribution in [0, 0.1) is 6.92 Å². The molecule has 0 aliphatic heterocycles. The number of aliphatic carboxylic acids is 1. The zero-order valence-corrected chi connectivity index (χ0v) is 9.99. The van der Waals surface area contributed by atoms with Gasteiger partial charge in [-0.2, -0.15) is 0 Å². The van der Waals surface area contributed by atoms with Crippen molar-refractivity contribution in [1.29, 1.82) is 0 Å². The molecule has 4 heteroatoms. The number of benzene rings is 1. The average molecular weight is 236 g/mol.